The van der Waals surface area contributed by atoms with Crippen LogP contribution < -0.4 is 10.6 Å². The summed E-state index contributed by atoms with van der Waals surface area (Å²) in [5.74, 6) is -0.713. The number of imide groups is 1. The predicted molar refractivity (Wildman–Crippen MR) is 76.1 cm³/mol. The Hall–Kier alpha value is -2.14. The van der Waals surface area contributed by atoms with E-state index in [4.69, 9.17) is 5.73 Å². The molecular formula is C14H9BrN2O2. The summed E-state index contributed by atoms with van der Waals surface area (Å²) in [7, 11) is 0. The van der Waals surface area contributed by atoms with Crippen molar-refractivity contribution in [3.63, 3.8) is 0 Å². The lowest BCUT2D eigenvalue weighted by atomic mass is 10.1. The molecule has 1 aliphatic heterocycles. The van der Waals surface area contributed by atoms with Gasteiger partial charge in [0, 0.05) is 10.2 Å². The van der Waals surface area contributed by atoms with Gasteiger partial charge in [-0.2, -0.15) is 0 Å². The summed E-state index contributed by atoms with van der Waals surface area (Å²) in [6.45, 7) is 0. The van der Waals surface area contributed by atoms with Crippen LogP contribution in [0, 0.1) is 0 Å². The van der Waals surface area contributed by atoms with E-state index in [1.807, 2.05) is 0 Å². The highest BCUT2D eigenvalue weighted by Crippen LogP contribution is 2.31. The third kappa shape index (κ3) is 1.74. The summed E-state index contributed by atoms with van der Waals surface area (Å²) in [4.78, 5) is 25.8. The van der Waals surface area contributed by atoms with Crippen molar-refractivity contribution in [2.24, 2.45) is 0 Å². The first-order valence-electron chi connectivity index (χ1n) is 5.62. The Bertz CT molecular complexity index is 695. The summed E-state index contributed by atoms with van der Waals surface area (Å²) in [6.07, 6.45) is 0. The Kier molecular flexibility index (Phi) is 2.64. The smallest absolute Gasteiger partial charge is 0.268 e. The topological polar surface area (TPSA) is 63.4 Å². The van der Waals surface area contributed by atoms with Crippen molar-refractivity contribution >= 4 is 39.1 Å². The summed E-state index contributed by atoms with van der Waals surface area (Å²) in [5, 5.41) is 0. The SMILES string of the molecule is Nc1cccc2c1C(=O)N(c1ccc(Br)cc1)C2=O. The highest BCUT2D eigenvalue weighted by Gasteiger charge is 2.37. The lowest BCUT2D eigenvalue weighted by Crippen LogP contribution is -2.29. The van der Waals surface area contributed by atoms with Crippen molar-refractivity contribution in [3.05, 3.63) is 58.1 Å². The summed E-state index contributed by atoms with van der Waals surface area (Å²) in [5.41, 5.74) is 7.29. The van der Waals surface area contributed by atoms with E-state index < -0.39 is 0 Å². The van der Waals surface area contributed by atoms with E-state index in [2.05, 4.69) is 15.9 Å². The van der Waals surface area contributed by atoms with Gasteiger partial charge >= 0.3 is 0 Å². The molecule has 4 nitrogen and oxygen atoms in total. The van der Waals surface area contributed by atoms with Crippen molar-refractivity contribution in [2.75, 3.05) is 10.6 Å². The predicted octanol–water partition coefficient (Wildman–Crippen LogP) is 2.83. The van der Waals surface area contributed by atoms with Gasteiger partial charge in [-0.25, -0.2) is 4.90 Å². The molecule has 3 rings (SSSR count). The molecular weight excluding hydrogens is 308 g/mol. The molecule has 0 unspecified atom stereocenters. The first-order chi connectivity index (χ1) is 9.09. The molecule has 0 spiro atoms. The van der Waals surface area contributed by atoms with E-state index in [1.54, 1.807) is 42.5 Å². The maximum atomic E-state index is 12.3. The van der Waals surface area contributed by atoms with Gasteiger partial charge in [0.25, 0.3) is 11.8 Å². The van der Waals surface area contributed by atoms with Crippen LogP contribution >= 0.6 is 15.9 Å². The van der Waals surface area contributed by atoms with Crippen LogP contribution in [0.4, 0.5) is 11.4 Å². The zero-order valence-corrected chi connectivity index (χ0v) is 11.3. The number of halogens is 1. The Balaban J connectivity index is 2.13. The van der Waals surface area contributed by atoms with E-state index in [0.717, 1.165) is 9.37 Å². The number of nitrogens with two attached hydrogens (primary N) is 1. The maximum Gasteiger partial charge on any atom is 0.268 e. The molecule has 0 aliphatic carbocycles. The first-order valence-corrected chi connectivity index (χ1v) is 6.42. The van der Waals surface area contributed by atoms with E-state index in [1.165, 1.54) is 0 Å². The zero-order chi connectivity index (χ0) is 13.6. The number of carbonyl (C=O) groups is 2. The Morgan fingerprint density at radius 3 is 2.26 bits per heavy atom. The van der Waals surface area contributed by atoms with Crippen LogP contribution in [0.25, 0.3) is 0 Å². The van der Waals surface area contributed by atoms with Crippen molar-refractivity contribution in [2.45, 2.75) is 0 Å². The molecule has 2 aromatic carbocycles. The minimum Gasteiger partial charge on any atom is -0.398 e. The van der Waals surface area contributed by atoms with Gasteiger partial charge < -0.3 is 5.73 Å². The number of benzene rings is 2. The van der Waals surface area contributed by atoms with Crippen LogP contribution in [-0.4, -0.2) is 11.8 Å². The average Bonchev–Trinajstić information content (AvgIpc) is 2.65. The van der Waals surface area contributed by atoms with Gasteiger partial charge in [-0.3, -0.25) is 9.59 Å². The molecule has 0 radical (unpaired) electrons. The summed E-state index contributed by atoms with van der Waals surface area (Å²) >= 11 is 3.32. The standard InChI is InChI=1S/C14H9BrN2O2/c15-8-4-6-9(7-5-8)17-13(18)10-2-1-3-11(16)12(10)14(17)19/h1-7H,16H2. The molecule has 0 fully saturated rings. The van der Waals surface area contributed by atoms with E-state index in [9.17, 15) is 9.59 Å². The quantitative estimate of drug-likeness (QED) is 0.650. The van der Waals surface area contributed by atoms with Gasteiger partial charge in [-0.05, 0) is 36.4 Å². The number of hydrogen-bond donors (Lipinski definition) is 1. The maximum absolute atomic E-state index is 12.3. The number of fused-ring (bicyclic) bond motifs is 1. The third-order valence-corrected chi connectivity index (χ3v) is 3.56. The van der Waals surface area contributed by atoms with E-state index in [0.29, 0.717) is 16.9 Å². The fourth-order valence-corrected chi connectivity index (χ4v) is 2.40. The van der Waals surface area contributed by atoms with Crippen LogP contribution in [0.2, 0.25) is 0 Å². The molecule has 2 N–H and O–H groups in total. The van der Waals surface area contributed by atoms with Gasteiger partial charge in [0.2, 0.25) is 0 Å². The van der Waals surface area contributed by atoms with Crippen molar-refractivity contribution < 1.29 is 9.59 Å². The minimum absolute atomic E-state index is 0.287. The van der Waals surface area contributed by atoms with E-state index >= 15 is 0 Å². The summed E-state index contributed by atoms with van der Waals surface area (Å²) in [6, 6.07) is 11.9. The van der Waals surface area contributed by atoms with Crippen LogP contribution in [0.5, 0.6) is 0 Å². The highest BCUT2D eigenvalue weighted by molar-refractivity contribution is 9.10. The van der Waals surface area contributed by atoms with Crippen LogP contribution in [0.15, 0.2) is 46.9 Å². The molecule has 19 heavy (non-hydrogen) atoms. The molecule has 0 saturated carbocycles. The fourth-order valence-electron chi connectivity index (χ4n) is 2.14. The molecule has 0 atom stereocenters. The Labute approximate surface area is 118 Å². The number of amides is 2. The average molecular weight is 317 g/mol. The molecule has 1 heterocycles. The minimum atomic E-state index is -0.375. The number of hydrogen-bond acceptors (Lipinski definition) is 3. The molecule has 2 amide bonds. The van der Waals surface area contributed by atoms with Crippen LogP contribution in [0.3, 0.4) is 0 Å². The molecule has 5 heteroatoms. The lowest BCUT2D eigenvalue weighted by molar-refractivity contribution is 0.0926. The van der Waals surface area contributed by atoms with Gasteiger partial charge in [0.05, 0.1) is 16.8 Å². The number of carbonyl (C=O) groups excluding carboxylic acids is 2. The van der Waals surface area contributed by atoms with Crippen LogP contribution in [0.1, 0.15) is 20.7 Å². The van der Waals surface area contributed by atoms with Crippen molar-refractivity contribution in [1.82, 2.24) is 0 Å². The second kappa shape index (κ2) is 4.20. The fraction of sp³-hybridized carbons (Fsp3) is 0. The van der Waals surface area contributed by atoms with Gasteiger partial charge in [0.15, 0.2) is 0 Å². The molecule has 94 valence electrons. The normalized spacial score (nSPS) is 13.8. The van der Waals surface area contributed by atoms with Crippen molar-refractivity contribution in [1.29, 1.82) is 0 Å². The second-order valence-electron chi connectivity index (χ2n) is 4.19. The molecule has 0 saturated heterocycles. The Morgan fingerprint density at radius 2 is 1.63 bits per heavy atom. The summed E-state index contributed by atoms with van der Waals surface area (Å²) < 4.78 is 0.882. The van der Waals surface area contributed by atoms with Crippen LogP contribution in [-0.2, 0) is 0 Å². The largest absolute Gasteiger partial charge is 0.398 e. The lowest BCUT2D eigenvalue weighted by Gasteiger charge is -2.13. The third-order valence-electron chi connectivity index (χ3n) is 3.03. The highest BCUT2D eigenvalue weighted by atomic mass is 79.9. The van der Waals surface area contributed by atoms with Gasteiger partial charge in [-0.1, -0.05) is 22.0 Å². The number of anilines is 2. The number of nitrogens with zero attached hydrogens (tertiary/aromatic N) is 1. The monoisotopic (exact) mass is 316 g/mol. The first kappa shape index (κ1) is 11.9. The second-order valence-corrected chi connectivity index (χ2v) is 5.11. The number of rotatable bonds is 1. The molecule has 0 aromatic heterocycles. The van der Waals surface area contributed by atoms with Gasteiger partial charge in [0.1, 0.15) is 0 Å². The molecule has 2 aromatic rings. The Morgan fingerprint density at radius 1 is 0.947 bits per heavy atom. The number of nitrogen functional groups attached to an aromatic ring is 1. The zero-order valence-electron chi connectivity index (χ0n) is 9.76. The van der Waals surface area contributed by atoms with E-state index in [-0.39, 0.29) is 17.4 Å². The molecule has 0 bridgehead atoms. The van der Waals surface area contributed by atoms with Gasteiger partial charge in [-0.15, -0.1) is 0 Å². The molecule has 1 aliphatic rings. The van der Waals surface area contributed by atoms with Crippen molar-refractivity contribution in [3.8, 4) is 0 Å².